The van der Waals surface area contributed by atoms with E-state index in [1.807, 2.05) is 12.1 Å². The number of benzene rings is 1. The molecule has 0 amide bonds. The number of phenols is 1. The number of carboxylic acid groups (broad SMARTS) is 1. The van der Waals surface area contributed by atoms with E-state index >= 15 is 0 Å². The van der Waals surface area contributed by atoms with E-state index in [0.717, 1.165) is 25.2 Å². The molecule has 1 fully saturated rings. The van der Waals surface area contributed by atoms with Gasteiger partial charge in [-0.05, 0) is 23.6 Å². The lowest BCUT2D eigenvalue weighted by Gasteiger charge is -2.38. The maximum absolute atomic E-state index is 10.5. The zero-order chi connectivity index (χ0) is 11.5. The number of carbonyl (C=O) groups is 1. The van der Waals surface area contributed by atoms with Crippen molar-refractivity contribution in [2.24, 2.45) is 5.92 Å². The van der Waals surface area contributed by atoms with Gasteiger partial charge in [0.2, 0.25) is 0 Å². The Labute approximate surface area is 94.1 Å². The molecule has 0 radical (unpaired) electrons. The Balaban J connectivity index is 1.79. The monoisotopic (exact) mass is 221 g/mol. The predicted octanol–water partition coefficient (Wildman–Crippen LogP) is 1.30. The third kappa shape index (κ3) is 2.73. The molecule has 0 saturated carbocycles. The van der Waals surface area contributed by atoms with Crippen molar-refractivity contribution >= 4 is 5.97 Å². The number of rotatable bonds is 4. The van der Waals surface area contributed by atoms with Crippen molar-refractivity contribution in [3.63, 3.8) is 0 Å². The van der Waals surface area contributed by atoms with Gasteiger partial charge < -0.3 is 10.2 Å². The molecule has 1 heterocycles. The summed E-state index contributed by atoms with van der Waals surface area (Å²) in [6.07, 6.45) is 0.260. The first-order chi connectivity index (χ1) is 7.63. The van der Waals surface area contributed by atoms with Crippen LogP contribution in [0.2, 0.25) is 0 Å². The molecule has 4 nitrogen and oxygen atoms in total. The Morgan fingerprint density at radius 2 is 2.19 bits per heavy atom. The first-order valence-corrected chi connectivity index (χ1v) is 5.35. The van der Waals surface area contributed by atoms with Gasteiger partial charge in [-0.1, -0.05) is 12.1 Å². The Kier molecular flexibility index (Phi) is 3.10. The maximum atomic E-state index is 10.5. The molecule has 0 aliphatic carbocycles. The minimum absolute atomic E-state index is 0.260. The van der Waals surface area contributed by atoms with Gasteiger partial charge in [-0.15, -0.1) is 0 Å². The van der Waals surface area contributed by atoms with E-state index in [1.165, 1.54) is 0 Å². The number of phenolic OH excluding ortho intramolecular Hbond substituents is 1. The quantitative estimate of drug-likeness (QED) is 0.804. The number of aliphatic carboxylic acids is 1. The molecule has 4 heteroatoms. The fourth-order valence-corrected chi connectivity index (χ4v) is 2.09. The van der Waals surface area contributed by atoms with Gasteiger partial charge in [0.15, 0.2) is 0 Å². The van der Waals surface area contributed by atoms with E-state index in [0.29, 0.717) is 0 Å². The van der Waals surface area contributed by atoms with Crippen LogP contribution >= 0.6 is 0 Å². The average molecular weight is 221 g/mol. The van der Waals surface area contributed by atoms with E-state index in [4.69, 9.17) is 5.11 Å². The van der Waals surface area contributed by atoms with Gasteiger partial charge in [-0.3, -0.25) is 9.69 Å². The van der Waals surface area contributed by atoms with Crippen LogP contribution in [0.4, 0.5) is 0 Å². The molecule has 1 aliphatic heterocycles. The summed E-state index contributed by atoms with van der Waals surface area (Å²) in [7, 11) is 0. The summed E-state index contributed by atoms with van der Waals surface area (Å²) in [5, 5.41) is 17.9. The highest BCUT2D eigenvalue weighted by Gasteiger charge is 2.28. The predicted molar refractivity (Wildman–Crippen MR) is 59.1 cm³/mol. The number of likely N-dealkylation sites (tertiary alicyclic amines) is 1. The van der Waals surface area contributed by atoms with E-state index in [-0.39, 0.29) is 18.1 Å². The van der Waals surface area contributed by atoms with Gasteiger partial charge >= 0.3 is 5.97 Å². The molecule has 86 valence electrons. The van der Waals surface area contributed by atoms with Gasteiger partial charge in [-0.2, -0.15) is 0 Å². The summed E-state index contributed by atoms with van der Waals surface area (Å²) in [5.41, 5.74) is 1.06. The van der Waals surface area contributed by atoms with Crippen LogP contribution in [0.5, 0.6) is 5.75 Å². The Hall–Kier alpha value is -1.55. The smallest absolute Gasteiger partial charge is 0.303 e. The summed E-state index contributed by atoms with van der Waals surface area (Å²) in [4.78, 5) is 12.6. The standard InChI is InChI=1S/C12H15NO3/c14-11-3-1-2-9(4-11)6-13-7-10(8-13)5-12(15)16/h1-4,10,14H,5-8H2,(H,15,16). The fourth-order valence-electron chi connectivity index (χ4n) is 2.09. The molecule has 0 unspecified atom stereocenters. The molecule has 0 aromatic heterocycles. The lowest BCUT2D eigenvalue weighted by Crippen LogP contribution is -2.46. The highest BCUT2D eigenvalue weighted by molar-refractivity contribution is 5.67. The van der Waals surface area contributed by atoms with Crippen LogP contribution < -0.4 is 0 Å². The second-order valence-corrected chi connectivity index (χ2v) is 4.33. The summed E-state index contributed by atoms with van der Waals surface area (Å²) < 4.78 is 0. The molecule has 1 aromatic rings. The Bertz CT molecular complexity index is 386. The molecule has 0 spiro atoms. The third-order valence-electron chi connectivity index (χ3n) is 2.81. The summed E-state index contributed by atoms with van der Waals surface area (Å²) in [6, 6.07) is 7.17. The maximum Gasteiger partial charge on any atom is 0.303 e. The highest BCUT2D eigenvalue weighted by atomic mass is 16.4. The zero-order valence-electron chi connectivity index (χ0n) is 8.97. The summed E-state index contributed by atoms with van der Waals surface area (Å²) in [6.45, 7) is 2.45. The van der Waals surface area contributed by atoms with Crippen molar-refractivity contribution in [2.75, 3.05) is 13.1 Å². The SMILES string of the molecule is O=C(O)CC1CN(Cc2cccc(O)c2)C1. The lowest BCUT2D eigenvalue weighted by atomic mass is 9.96. The van der Waals surface area contributed by atoms with Crippen molar-refractivity contribution < 1.29 is 15.0 Å². The number of nitrogens with zero attached hydrogens (tertiary/aromatic N) is 1. The molecule has 0 atom stereocenters. The molecule has 1 saturated heterocycles. The van der Waals surface area contributed by atoms with E-state index in [2.05, 4.69) is 4.90 Å². The van der Waals surface area contributed by atoms with Gasteiger partial charge in [0.05, 0.1) is 6.42 Å². The van der Waals surface area contributed by atoms with Crippen molar-refractivity contribution in [1.29, 1.82) is 0 Å². The minimum Gasteiger partial charge on any atom is -0.508 e. The van der Waals surface area contributed by atoms with Crippen LogP contribution in [0, 0.1) is 5.92 Å². The van der Waals surface area contributed by atoms with Crippen LogP contribution in [0.15, 0.2) is 24.3 Å². The van der Waals surface area contributed by atoms with E-state index in [9.17, 15) is 9.90 Å². The normalized spacial score (nSPS) is 17.0. The van der Waals surface area contributed by atoms with E-state index < -0.39 is 5.97 Å². The highest BCUT2D eigenvalue weighted by Crippen LogP contribution is 2.22. The molecule has 2 rings (SSSR count). The van der Waals surface area contributed by atoms with Gasteiger partial charge in [0.25, 0.3) is 0 Å². The van der Waals surface area contributed by atoms with Gasteiger partial charge in [-0.25, -0.2) is 0 Å². The van der Waals surface area contributed by atoms with Crippen molar-refractivity contribution in [1.82, 2.24) is 4.90 Å². The first-order valence-electron chi connectivity index (χ1n) is 5.35. The van der Waals surface area contributed by atoms with Crippen molar-refractivity contribution in [2.45, 2.75) is 13.0 Å². The van der Waals surface area contributed by atoms with Gasteiger partial charge in [0, 0.05) is 19.6 Å². The lowest BCUT2D eigenvalue weighted by molar-refractivity contribution is -0.139. The fraction of sp³-hybridized carbons (Fsp3) is 0.417. The second-order valence-electron chi connectivity index (χ2n) is 4.33. The number of carboxylic acids is 1. The van der Waals surface area contributed by atoms with Crippen LogP contribution in [-0.4, -0.2) is 34.2 Å². The van der Waals surface area contributed by atoms with Crippen LogP contribution in [0.25, 0.3) is 0 Å². The zero-order valence-corrected chi connectivity index (χ0v) is 8.97. The van der Waals surface area contributed by atoms with Crippen LogP contribution in [0.1, 0.15) is 12.0 Å². The molecule has 2 N–H and O–H groups in total. The third-order valence-corrected chi connectivity index (χ3v) is 2.81. The number of aromatic hydroxyl groups is 1. The topological polar surface area (TPSA) is 60.8 Å². The van der Waals surface area contributed by atoms with Crippen LogP contribution in [-0.2, 0) is 11.3 Å². The molecular formula is C12H15NO3. The molecule has 1 aliphatic rings. The first kappa shape index (κ1) is 11.0. The molecule has 1 aromatic carbocycles. The Morgan fingerprint density at radius 1 is 1.44 bits per heavy atom. The van der Waals surface area contributed by atoms with Crippen molar-refractivity contribution in [3.05, 3.63) is 29.8 Å². The Morgan fingerprint density at radius 3 is 2.81 bits per heavy atom. The summed E-state index contributed by atoms with van der Waals surface area (Å²) in [5.74, 6) is -0.156. The molecule has 0 bridgehead atoms. The van der Waals surface area contributed by atoms with E-state index in [1.54, 1.807) is 12.1 Å². The minimum atomic E-state index is -0.720. The molecular weight excluding hydrogens is 206 g/mol. The average Bonchev–Trinajstić information content (AvgIpc) is 2.14. The largest absolute Gasteiger partial charge is 0.508 e. The van der Waals surface area contributed by atoms with Crippen LogP contribution in [0.3, 0.4) is 0 Å². The number of hydrogen-bond acceptors (Lipinski definition) is 3. The number of hydrogen-bond donors (Lipinski definition) is 2. The van der Waals surface area contributed by atoms with Gasteiger partial charge in [0.1, 0.15) is 5.75 Å². The van der Waals surface area contributed by atoms with Crippen molar-refractivity contribution in [3.8, 4) is 5.75 Å². The summed E-state index contributed by atoms with van der Waals surface area (Å²) >= 11 is 0. The molecule has 16 heavy (non-hydrogen) atoms. The second kappa shape index (κ2) is 4.53.